The van der Waals surface area contributed by atoms with Crippen molar-refractivity contribution >= 4 is 34.8 Å². The van der Waals surface area contributed by atoms with E-state index in [0.29, 0.717) is 40.3 Å². The second-order valence-electron chi connectivity index (χ2n) is 13.4. The highest BCUT2D eigenvalue weighted by molar-refractivity contribution is 6.30. The van der Waals surface area contributed by atoms with Gasteiger partial charge in [0, 0.05) is 64.6 Å². The number of nitrogens with one attached hydrogen (secondary N) is 1. The monoisotopic (exact) mass is 574 g/mol. The van der Waals surface area contributed by atoms with Crippen molar-refractivity contribution in [1.29, 1.82) is 0 Å². The number of halogens is 1. The van der Waals surface area contributed by atoms with Gasteiger partial charge in [-0.3, -0.25) is 14.4 Å². The summed E-state index contributed by atoms with van der Waals surface area (Å²) >= 11 is 6.53. The predicted molar refractivity (Wildman–Crippen MR) is 162 cm³/mol. The van der Waals surface area contributed by atoms with E-state index in [1.807, 2.05) is 39.1 Å². The number of aryl methyl sites for hydroxylation is 2. The molecule has 7 heteroatoms. The Kier molecular flexibility index (Phi) is 7.44. The van der Waals surface area contributed by atoms with Crippen LogP contribution in [-0.4, -0.2) is 36.0 Å². The zero-order valence-electron chi connectivity index (χ0n) is 25.0. The van der Waals surface area contributed by atoms with Crippen LogP contribution in [0, 0.1) is 24.7 Å². The molecule has 0 fully saturated rings. The molecule has 3 aliphatic rings. The summed E-state index contributed by atoms with van der Waals surface area (Å²) in [6.07, 6.45) is 2.24. The number of Topliss-reactive ketones (excluding diaryl/α,β-unsaturated/α-hetero) is 2. The molecule has 2 aromatic rings. The van der Waals surface area contributed by atoms with E-state index in [1.54, 1.807) is 18.2 Å². The van der Waals surface area contributed by atoms with Gasteiger partial charge >= 0.3 is 0 Å². The molecule has 1 N–H and O–H groups in total. The standard InChI is InChI=1S/C34H39ClN2O4/c1-19-8-10-23(20(2)12-19)36-29(40)18-41-28-11-9-21(35)13-22(28)30-31-24(14-33(3,4)16-26(31)38)37(7)25-15-34(5,6)17-27(39)32(25)30/h8-13,30H,14-18H2,1-7H3,(H,36,40). The third-order valence-electron chi connectivity index (χ3n) is 8.48. The van der Waals surface area contributed by atoms with E-state index in [0.717, 1.165) is 41.1 Å². The summed E-state index contributed by atoms with van der Waals surface area (Å²) < 4.78 is 6.13. The fourth-order valence-electron chi connectivity index (χ4n) is 6.64. The van der Waals surface area contributed by atoms with E-state index in [-0.39, 0.29) is 34.9 Å². The van der Waals surface area contributed by atoms with Crippen molar-refractivity contribution in [2.75, 3.05) is 19.0 Å². The Morgan fingerprint density at radius 3 is 2.07 bits per heavy atom. The average Bonchev–Trinajstić information content (AvgIpc) is 2.85. The zero-order valence-corrected chi connectivity index (χ0v) is 25.8. The molecule has 0 bridgehead atoms. The Labute approximate surface area is 247 Å². The molecule has 0 saturated carbocycles. The maximum atomic E-state index is 13.8. The molecule has 2 aliphatic carbocycles. The molecule has 0 atom stereocenters. The number of ether oxygens (including phenoxy) is 1. The van der Waals surface area contributed by atoms with Crippen LogP contribution in [0.2, 0.25) is 5.02 Å². The van der Waals surface area contributed by atoms with Crippen molar-refractivity contribution in [3.63, 3.8) is 0 Å². The number of rotatable bonds is 5. The lowest BCUT2D eigenvalue weighted by Gasteiger charge is -2.48. The Balaban J connectivity index is 1.56. The van der Waals surface area contributed by atoms with Crippen molar-refractivity contribution in [1.82, 2.24) is 4.90 Å². The third-order valence-corrected chi connectivity index (χ3v) is 8.71. The maximum absolute atomic E-state index is 13.8. The van der Waals surface area contributed by atoms with E-state index in [1.165, 1.54) is 0 Å². The van der Waals surface area contributed by atoms with Crippen LogP contribution in [0.25, 0.3) is 0 Å². The number of benzene rings is 2. The summed E-state index contributed by atoms with van der Waals surface area (Å²) in [6.45, 7) is 12.2. The van der Waals surface area contributed by atoms with E-state index in [4.69, 9.17) is 16.3 Å². The molecule has 6 nitrogen and oxygen atoms in total. The molecule has 2 aromatic carbocycles. The fraction of sp³-hybridized carbons (Fsp3) is 0.441. The molecule has 0 spiro atoms. The number of nitrogens with zero attached hydrogens (tertiary/aromatic N) is 1. The molecule has 1 amide bonds. The van der Waals surface area contributed by atoms with Gasteiger partial charge in [0.1, 0.15) is 5.75 Å². The number of carbonyl (C=O) groups excluding carboxylic acids is 3. The first-order valence-corrected chi connectivity index (χ1v) is 14.6. The molecule has 0 aromatic heterocycles. The van der Waals surface area contributed by atoms with Gasteiger partial charge in [0.25, 0.3) is 5.91 Å². The second-order valence-corrected chi connectivity index (χ2v) is 13.9. The number of hydrogen-bond acceptors (Lipinski definition) is 5. The van der Waals surface area contributed by atoms with E-state index in [2.05, 4.69) is 37.9 Å². The average molecular weight is 575 g/mol. The lowest BCUT2D eigenvalue weighted by molar-refractivity contribution is -0.120. The SMILES string of the molecule is Cc1ccc(NC(=O)COc2ccc(Cl)cc2C2C3=C(CC(C)(C)CC3=O)N(C)C3=C2C(=O)CC(C)(C)C3)c(C)c1. The minimum atomic E-state index is -0.598. The van der Waals surface area contributed by atoms with Gasteiger partial charge in [0.05, 0.1) is 0 Å². The van der Waals surface area contributed by atoms with Gasteiger partial charge in [-0.25, -0.2) is 0 Å². The number of allylic oxidation sites excluding steroid dienone is 4. The number of anilines is 1. The number of carbonyl (C=O) groups is 3. The Bertz CT molecular complexity index is 1480. The normalized spacial score (nSPS) is 20.1. The summed E-state index contributed by atoms with van der Waals surface area (Å²) in [7, 11) is 1.98. The van der Waals surface area contributed by atoms with Crippen molar-refractivity contribution in [2.24, 2.45) is 10.8 Å². The Morgan fingerprint density at radius 1 is 0.927 bits per heavy atom. The predicted octanol–water partition coefficient (Wildman–Crippen LogP) is 7.29. The molecule has 1 aliphatic heterocycles. The van der Waals surface area contributed by atoms with Crippen molar-refractivity contribution in [3.8, 4) is 5.75 Å². The first-order valence-electron chi connectivity index (χ1n) is 14.2. The van der Waals surface area contributed by atoms with Gasteiger partial charge in [-0.15, -0.1) is 0 Å². The quantitative estimate of drug-likeness (QED) is 0.406. The molecule has 41 heavy (non-hydrogen) atoms. The summed E-state index contributed by atoms with van der Waals surface area (Å²) in [5.41, 5.74) is 6.27. The van der Waals surface area contributed by atoms with Crippen LogP contribution in [-0.2, 0) is 14.4 Å². The highest BCUT2D eigenvalue weighted by Gasteiger charge is 2.48. The lowest BCUT2D eigenvalue weighted by Crippen LogP contribution is -2.43. The van der Waals surface area contributed by atoms with E-state index < -0.39 is 5.92 Å². The van der Waals surface area contributed by atoms with Crippen LogP contribution in [0.15, 0.2) is 58.9 Å². The highest BCUT2D eigenvalue weighted by atomic mass is 35.5. The van der Waals surface area contributed by atoms with Gasteiger partial charge in [0.15, 0.2) is 18.2 Å². The zero-order chi connectivity index (χ0) is 29.9. The number of ketones is 2. The Morgan fingerprint density at radius 2 is 1.51 bits per heavy atom. The van der Waals surface area contributed by atoms with Gasteiger partial charge in [0.2, 0.25) is 0 Å². The third kappa shape index (κ3) is 5.72. The number of amides is 1. The van der Waals surface area contributed by atoms with Crippen LogP contribution in [0.1, 0.15) is 76.0 Å². The van der Waals surface area contributed by atoms with Crippen LogP contribution >= 0.6 is 11.6 Å². The largest absolute Gasteiger partial charge is 0.483 e. The van der Waals surface area contributed by atoms with Gasteiger partial charge in [-0.05, 0) is 67.3 Å². The van der Waals surface area contributed by atoms with Gasteiger partial charge in [-0.1, -0.05) is 57.0 Å². The minimum absolute atomic E-state index is 0.0378. The maximum Gasteiger partial charge on any atom is 0.262 e. The summed E-state index contributed by atoms with van der Waals surface area (Å²) in [5, 5.41) is 3.40. The topological polar surface area (TPSA) is 75.7 Å². The summed E-state index contributed by atoms with van der Waals surface area (Å²) in [4.78, 5) is 42.7. The van der Waals surface area contributed by atoms with Crippen LogP contribution in [0.3, 0.4) is 0 Å². The van der Waals surface area contributed by atoms with E-state index in [9.17, 15) is 14.4 Å². The van der Waals surface area contributed by atoms with Crippen molar-refractivity contribution in [3.05, 3.63) is 80.7 Å². The first kappa shape index (κ1) is 29.1. The molecule has 0 unspecified atom stereocenters. The molecular formula is C34H39ClN2O4. The number of hydrogen-bond donors (Lipinski definition) is 1. The molecule has 5 rings (SSSR count). The van der Waals surface area contributed by atoms with Crippen LogP contribution < -0.4 is 10.1 Å². The molecule has 0 radical (unpaired) electrons. The fourth-order valence-corrected chi connectivity index (χ4v) is 6.82. The van der Waals surface area contributed by atoms with Gasteiger partial charge < -0.3 is 15.0 Å². The van der Waals surface area contributed by atoms with Crippen molar-refractivity contribution < 1.29 is 19.1 Å². The van der Waals surface area contributed by atoms with Crippen LogP contribution in [0.4, 0.5) is 5.69 Å². The first-order chi connectivity index (χ1) is 19.2. The van der Waals surface area contributed by atoms with E-state index >= 15 is 0 Å². The van der Waals surface area contributed by atoms with Crippen LogP contribution in [0.5, 0.6) is 5.75 Å². The second kappa shape index (κ2) is 10.5. The molecule has 0 saturated heterocycles. The van der Waals surface area contributed by atoms with Gasteiger partial charge in [-0.2, -0.15) is 0 Å². The molecule has 216 valence electrons. The highest BCUT2D eigenvalue weighted by Crippen LogP contribution is 2.55. The minimum Gasteiger partial charge on any atom is -0.483 e. The Hall–Kier alpha value is -3.38. The summed E-state index contributed by atoms with van der Waals surface area (Å²) in [5.74, 6) is -0.383. The lowest BCUT2D eigenvalue weighted by atomic mass is 9.63. The smallest absolute Gasteiger partial charge is 0.262 e. The summed E-state index contributed by atoms with van der Waals surface area (Å²) in [6, 6.07) is 11.1. The molecule has 1 heterocycles. The molecular weight excluding hydrogens is 536 g/mol. The van der Waals surface area contributed by atoms with Crippen molar-refractivity contribution in [2.45, 2.75) is 73.1 Å².